The van der Waals surface area contributed by atoms with Gasteiger partial charge in [-0.05, 0) is 32.3 Å². The van der Waals surface area contributed by atoms with Crippen LogP contribution < -0.4 is 5.32 Å². The van der Waals surface area contributed by atoms with E-state index in [9.17, 15) is 14.9 Å². The monoisotopic (exact) mass is 387 g/mol. The van der Waals surface area contributed by atoms with Gasteiger partial charge in [0.1, 0.15) is 5.69 Å². The molecule has 1 heterocycles. The summed E-state index contributed by atoms with van der Waals surface area (Å²) in [7, 11) is 1.62. The third-order valence-corrected chi connectivity index (χ3v) is 5.93. The second-order valence-electron chi connectivity index (χ2n) is 5.64. The highest BCUT2D eigenvalue weighted by Gasteiger charge is 2.24. The number of carbonyl (C=O) groups is 1. The number of rotatable bonds is 5. The molecule has 25 heavy (non-hydrogen) atoms. The van der Waals surface area contributed by atoms with E-state index in [1.807, 2.05) is 0 Å². The quantitative estimate of drug-likeness (QED) is 0.595. The Kier molecular flexibility index (Phi) is 7.19. The minimum absolute atomic E-state index is 0.0359. The largest absolute Gasteiger partial charge is 0.450 e. The zero-order chi connectivity index (χ0) is 18.4. The summed E-state index contributed by atoms with van der Waals surface area (Å²) in [6.45, 7) is 3.49. The lowest BCUT2D eigenvalue weighted by molar-refractivity contribution is -0.384. The molecule has 1 amide bonds. The van der Waals surface area contributed by atoms with Crippen molar-refractivity contribution in [1.29, 1.82) is 0 Å². The molecule has 138 valence electrons. The first-order chi connectivity index (χ1) is 12.0. The average Bonchev–Trinajstić information content (AvgIpc) is 2.82. The smallest absolute Gasteiger partial charge is 0.409 e. The van der Waals surface area contributed by atoms with Crippen molar-refractivity contribution in [2.45, 2.75) is 36.3 Å². The van der Waals surface area contributed by atoms with Crippen molar-refractivity contribution in [1.82, 2.24) is 4.90 Å². The van der Waals surface area contributed by atoms with Crippen molar-refractivity contribution >= 4 is 40.8 Å². The number of halogens is 1. The van der Waals surface area contributed by atoms with Gasteiger partial charge >= 0.3 is 6.09 Å². The number of nitrogens with zero attached hydrogens (tertiary/aromatic N) is 2. The Hall–Kier alpha value is -1.67. The standard InChI is InChI=1S/C16H22ClN3O4S/c1-3-24-16(21)19-9-4-5-11(8-10-19)25-13-7-6-12(20(22)23)15(18-2)14(13)17/h6-7,11,18H,3-5,8-10H2,1-2H3. The summed E-state index contributed by atoms with van der Waals surface area (Å²) in [6, 6.07) is 3.17. The number of amides is 1. The third-order valence-electron chi connectivity index (χ3n) is 4.03. The summed E-state index contributed by atoms with van der Waals surface area (Å²) in [5.41, 5.74) is 0.296. The molecule has 1 atom stereocenters. The number of ether oxygens (including phenoxy) is 1. The number of hydrogen-bond donors (Lipinski definition) is 1. The number of nitrogens with one attached hydrogen (secondary N) is 1. The van der Waals surface area contributed by atoms with Gasteiger partial charge in [0.2, 0.25) is 0 Å². The molecule has 0 spiro atoms. The van der Waals surface area contributed by atoms with Crippen molar-refractivity contribution in [3.63, 3.8) is 0 Å². The molecule has 7 nitrogen and oxygen atoms in total. The molecule has 0 aliphatic carbocycles. The molecule has 1 unspecified atom stereocenters. The normalized spacial score (nSPS) is 17.7. The molecule has 1 fully saturated rings. The number of thioether (sulfide) groups is 1. The lowest BCUT2D eigenvalue weighted by Crippen LogP contribution is -2.32. The maximum absolute atomic E-state index is 11.9. The van der Waals surface area contributed by atoms with Gasteiger partial charge in [0.05, 0.1) is 16.6 Å². The number of nitro groups is 1. The Morgan fingerprint density at radius 2 is 2.24 bits per heavy atom. The highest BCUT2D eigenvalue weighted by Crippen LogP contribution is 2.42. The molecule has 9 heteroatoms. The molecule has 1 N–H and O–H groups in total. The highest BCUT2D eigenvalue weighted by atomic mass is 35.5. The zero-order valence-electron chi connectivity index (χ0n) is 14.3. The summed E-state index contributed by atoms with van der Waals surface area (Å²) in [5, 5.41) is 14.6. The van der Waals surface area contributed by atoms with Crippen molar-refractivity contribution in [2.24, 2.45) is 0 Å². The van der Waals surface area contributed by atoms with Crippen molar-refractivity contribution < 1.29 is 14.5 Å². The average molecular weight is 388 g/mol. The van der Waals surface area contributed by atoms with Crippen LogP contribution in [0, 0.1) is 10.1 Å². The van der Waals surface area contributed by atoms with Gasteiger partial charge < -0.3 is 15.0 Å². The van der Waals surface area contributed by atoms with E-state index in [0.29, 0.717) is 35.7 Å². The third kappa shape index (κ3) is 4.92. The summed E-state index contributed by atoms with van der Waals surface area (Å²) in [6.07, 6.45) is 2.40. The van der Waals surface area contributed by atoms with Gasteiger partial charge in [0.25, 0.3) is 5.69 Å². The SMILES string of the molecule is CCOC(=O)N1CCCC(Sc2ccc([N+](=O)[O-])c(NC)c2Cl)CC1. The summed E-state index contributed by atoms with van der Waals surface area (Å²) in [5.74, 6) is 0. The lowest BCUT2D eigenvalue weighted by Gasteiger charge is -2.19. The summed E-state index contributed by atoms with van der Waals surface area (Å²) >= 11 is 7.97. The van der Waals surface area contributed by atoms with E-state index < -0.39 is 4.92 Å². The zero-order valence-corrected chi connectivity index (χ0v) is 15.9. The van der Waals surface area contributed by atoms with E-state index in [4.69, 9.17) is 16.3 Å². The molecule has 2 rings (SSSR count). The number of hydrogen-bond acceptors (Lipinski definition) is 6. The Morgan fingerprint density at radius 3 is 2.88 bits per heavy atom. The number of nitro benzene ring substituents is 1. The molecule has 1 aliphatic rings. The molecule has 1 aliphatic heterocycles. The van der Waals surface area contributed by atoms with E-state index in [2.05, 4.69) is 5.32 Å². The fraction of sp³-hybridized carbons (Fsp3) is 0.562. The fourth-order valence-corrected chi connectivity index (χ4v) is 4.40. The molecule has 1 aromatic rings. The van der Waals surface area contributed by atoms with Crippen LogP contribution in [0.3, 0.4) is 0 Å². The molecule has 1 saturated heterocycles. The Bertz CT molecular complexity index is 644. The van der Waals surface area contributed by atoms with Gasteiger partial charge in [-0.15, -0.1) is 11.8 Å². The van der Waals surface area contributed by atoms with Crippen LogP contribution in [-0.4, -0.2) is 47.9 Å². The predicted octanol–water partition coefficient (Wildman–Crippen LogP) is 4.39. The van der Waals surface area contributed by atoms with Crippen LogP contribution in [0.2, 0.25) is 5.02 Å². The van der Waals surface area contributed by atoms with Crippen molar-refractivity contribution in [3.8, 4) is 0 Å². The first-order valence-corrected chi connectivity index (χ1v) is 9.46. The lowest BCUT2D eigenvalue weighted by atomic mass is 10.2. The molecular formula is C16H22ClN3O4S. The van der Waals surface area contributed by atoms with Crippen molar-refractivity contribution in [3.05, 3.63) is 27.3 Å². The van der Waals surface area contributed by atoms with Crippen LogP contribution in [-0.2, 0) is 4.74 Å². The minimum Gasteiger partial charge on any atom is -0.450 e. The van der Waals surface area contributed by atoms with Crippen LogP contribution >= 0.6 is 23.4 Å². The van der Waals surface area contributed by atoms with Gasteiger partial charge in [-0.25, -0.2) is 4.79 Å². The van der Waals surface area contributed by atoms with Gasteiger partial charge in [0.15, 0.2) is 0 Å². The van der Waals surface area contributed by atoms with Gasteiger partial charge in [0, 0.05) is 36.3 Å². The predicted molar refractivity (Wildman–Crippen MR) is 99.7 cm³/mol. The van der Waals surface area contributed by atoms with E-state index >= 15 is 0 Å². The molecule has 0 bridgehead atoms. The molecule has 0 radical (unpaired) electrons. The summed E-state index contributed by atoms with van der Waals surface area (Å²) in [4.78, 5) is 25.0. The van der Waals surface area contributed by atoms with Crippen LogP contribution in [0.15, 0.2) is 17.0 Å². The molecule has 0 saturated carbocycles. The minimum atomic E-state index is -0.449. The van der Waals surface area contributed by atoms with E-state index in [-0.39, 0.29) is 11.8 Å². The van der Waals surface area contributed by atoms with Gasteiger partial charge in [-0.1, -0.05) is 11.6 Å². The highest BCUT2D eigenvalue weighted by molar-refractivity contribution is 8.00. The van der Waals surface area contributed by atoms with Gasteiger partial charge in [-0.3, -0.25) is 10.1 Å². The van der Waals surface area contributed by atoms with Gasteiger partial charge in [-0.2, -0.15) is 0 Å². The van der Waals surface area contributed by atoms with Crippen molar-refractivity contribution in [2.75, 3.05) is 32.1 Å². The van der Waals surface area contributed by atoms with E-state index in [1.165, 1.54) is 6.07 Å². The molecular weight excluding hydrogens is 366 g/mol. The van der Waals surface area contributed by atoms with E-state index in [0.717, 1.165) is 24.2 Å². The van der Waals surface area contributed by atoms with Crippen LogP contribution in [0.5, 0.6) is 0 Å². The summed E-state index contributed by atoms with van der Waals surface area (Å²) < 4.78 is 5.06. The van der Waals surface area contributed by atoms with E-state index in [1.54, 1.807) is 36.7 Å². The number of likely N-dealkylation sites (tertiary alicyclic amines) is 1. The Labute approximate surface area is 156 Å². The maximum atomic E-state index is 11.9. The number of carbonyl (C=O) groups excluding carboxylic acids is 1. The Balaban J connectivity index is 2.07. The molecule has 1 aromatic carbocycles. The molecule has 0 aromatic heterocycles. The van der Waals surface area contributed by atoms with Crippen LogP contribution in [0.1, 0.15) is 26.2 Å². The maximum Gasteiger partial charge on any atom is 0.409 e. The second kappa shape index (κ2) is 9.15. The number of benzene rings is 1. The van der Waals surface area contributed by atoms with Crippen LogP contribution in [0.25, 0.3) is 0 Å². The first kappa shape index (κ1) is 19.7. The Morgan fingerprint density at radius 1 is 1.48 bits per heavy atom. The fourth-order valence-electron chi connectivity index (χ4n) is 2.79. The topological polar surface area (TPSA) is 84.7 Å². The number of anilines is 1. The first-order valence-electron chi connectivity index (χ1n) is 8.20. The second-order valence-corrected chi connectivity index (χ2v) is 7.36. The van der Waals surface area contributed by atoms with Crippen LogP contribution in [0.4, 0.5) is 16.2 Å².